The van der Waals surface area contributed by atoms with E-state index in [0.717, 1.165) is 31.5 Å². The number of nitrogens with zero attached hydrogens (tertiary/aromatic N) is 3. The lowest BCUT2D eigenvalue weighted by Crippen LogP contribution is -2.44. The first-order valence-electron chi connectivity index (χ1n) is 10.8. The molecule has 0 fully saturated rings. The van der Waals surface area contributed by atoms with Crippen molar-refractivity contribution in [2.24, 2.45) is 0 Å². The van der Waals surface area contributed by atoms with E-state index >= 15 is 0 Å². The Balaban J connectivity index is 1.77. The zero-order chi connectivity index (χ0) is 22.4. The Bertz CT molecular complexity index is 1090. The third kappa shape index (κ3) is 3.79. The summed E-state index contributed by atoms with van der Waals surface area (Å²) in [5, 5.41) is 0. The maximum absolute atomic E-state index is 7.23. The first-order valence-corrected chi connectivity index (χ1v) is 10.8. The molecular formula is C27H29N3O. The van der Waals surface area contributed by atoms with E-state index in [1.165, 1.54) is 16.8 Å². The smallest absolute Gasteiger partial charge is 0.462 e. The molecule has 0 saturated heterocycles. The van der Waals surface area contributed by atoms with Crippen LogP contribution in [0.3, 0.4) is 0 Å². The van der Waals surface area contributed by atoms with E-state index in [4.69, 9.17) is 17.9 Å². The number of allylic oxidation sites excluding steroid dienone is 5. The fourth-order valence-corrected chi connectivity index (χ4v) is 4.76. The highest BCUT2D eigenvalue weighted by molar-refractivity contribution is 5.72. The largest absolute Gasteiger partial charge is 0.526 e. The zero-order valence-corrected chi connectivity index (χ0v) is 19.0. The van der Waals surface area contributed by atoms with Gasteiger partial charge in [0.05, 0.1) is 5.57 Å². The van der Waals surface area contributed by atoms with Crippen LogP contribution in [-0.4, -0.2) is 13.1 Å². The topological polar surface area (TPSA) is 21.2 Å². The molecule has 0 saturated carbocycles. The number of anilines is 1. The van der Waals surface area contributed by atoms with Crippen molar-refractivity contribution >= 4 is 11.8 Å². The molecule has 0 amide bonds. The lowest BCUT2D eigenvalue weighted by atomic mass is 9.69. The zero-order valence-electron chi connectivity index (χ0n) is 19.0. The van der Waals surface area contributed by atoms with Crippen LogP contribution in [0.15, 0.2) is 53.3 Å². The Labute approximate surface area is 185 Å². The minimum Gasteiger partial charge on any atom is -0.462 e. The van der Waals surface area contributed by atoms with Gasteiger partial charge in [-0.2, -0.15) is 9.69 Å². The van der Waals surface area contributed by atoms with E-state index in [1.54, 1.807) is 12.2 Å². The van der Waals surface area contributed by atoms with Crippen molar-refractivity contribution in [2.45, 2.75) is 58.3 Å². The summed E-state index contributed by atoms with van der Waals surface area (Å²) in [5.41, 5.74) is 6.37. The Hall–Kier alpha value is -3.24. The summed E-state index contributed by atoms with van der Waals surface area (Å²) < 4.78 is 5.84. The van der Waals surface area contributed by atoms with Crippen molar-refractivity contribution in [1.82, 2.24) is 0 Å². The summed E-state index contributed by atoms with van der Waals surface area (Å²) in [6.07, 6.45) is 9.87. The van der Waals surface area contributed by atoms with Crippen molar-refractivity contribution in [2.75, 3.05) is 18.0 Å². The van der Waals surface area contributed by atoms with Gasteiger partial charge in [-0.3, -0.25) is 0 Å². The van der Waals surface area contributed by atoms with E-state index in [2.05, 4.69) is 60.5 Å². The van der Waals surface area contributed by atoms with Gasteiger partial charge in [-0.05, 0) is 77.6 Å². The summed E-state index contributed by atoms with van der Waals surface area (Å²) in [5.74, 6) is 1.39. The molecule has 0 atom stereocenters. The number of rotatable bonds is 2. The Morgan fingerprint density at radius 1 is 0.968 bits per heavy atom. The molecule has 4 heteroatoms. The third-order valence-corrected chi connectivity index (χ3v) is 6.77. The highest BCUT2D eigenvalue weighted by Gasteiger charge is 2.39. The first kappa shape index (κ1) is 21.0. The molecule has 1 aromatic carbocycles. The van der Waals surface area contributed by atoms with Crippen LogP contribution in [-0.2, 0) is 15.6 Å². The fourth-order valence-electron chi connectivity index (χ4n) is 4.76. The van der Waals surface area contributed by atoms with Crippen LogP contribution in [0, 0.1) is 13.1 Å². The molecule has 3 heterocycles. The van der Waals surface area contributed by atoms with Gasteiger partial charge in [0.15, 0.2) is 0 Å². The molecule has 3 aliphatic rings. The highest BCUT2D eigenvalue weighted by Crippen LogP contribution is 2.49. The minimum atomic E-state index is 0.0651. The number of benzene rings is 1. The number of hydrogen-bond donors (Lipinski definition) is 0. The average molecular weight is 412 g/mol. The molecule has 4 rings (SSSR count). The summed E-state index contributed by atoms with van der Waals surface area (Å²) in [7, 11) is 0. The van der Waals surface area contributed by atoms with Gasteiger partial charge in [0.2, 0.25) is 0 Å². The van der Waals surface area contributed by atoms with Crippen LogP contribution in [0.1, 0.15) is 64.2 Å². The fraction of sp³-hybridized carbons (Fsp3) is 0.407. The lowest BCUT2D eigenvalue weighted by Gasteiger charge is -2.48. The molecule has 0 spiro atoms. The third-order valence-electron chi connectivity index (χ3n) is 6.77. The van der Waals surface area contributed by atoms with Gasteiger partial charge >= 0.3 is 5.82 Å². The van der Waals surface area contributed by atoms with Crippen molar-refractivity contribution in [1.29, 1.82) is 0 Å². The van der Waals surface area contributed by atoms with Gasteiger partial charge in [-0.25, -0.2) is 0 Å². The lowest BCUT2D eigenvalue weighted by molar-refractivity contribution is 0.318. The molecule has 1 aromatic rings. The van der Waals surface area contributed by atoms with Crippen LogP contribution >= 0.6 is 0 Å². The second-order valence-electron chi connectivity index (χ2n) is 9.96. The number of hydrogen-bond acceptors (Lipinski definition) is 2. The normalized spacial score (nSPS) is 20.7. The molecule has 0 aromatic heterocycles. The average Bonchev–Trinajstić information content (AvgIpc) is 2.71. The maximum atomic E-state index is 7.23. The second-order valence-corrected chi connectivity index (χ2v) is 9.96. The van der Waals surface area contributed by atoms with Gasteiger partial charge in [0, 0.05) is 18.8 Å². The van der Waals surface area contributed by atoms with Crippen LogP contribution in [0.4, 0.5) is 5.69 Å². The van der Waals surface area contributed by atoms with Crippen LogP contribution in [0.25, 0.3) is 15.8 Å². The minimum absolute atomic E-state index is 0.0651. The molecule has 31 heavy (non-hydrogen) atoms. The Morgan fingerprint density at radius 2 is 1.55 bits per heavy atom. The maximum Gasteiger partial charge on any atom is 0.526 e. The summed E-state index contributed by atoms with van der Waals surface area (Å²) in [6, 6.07) is 4.66. The van der Waals surface area contributed by atoms with Crippen LogP contribution < -0.4 is 4.90 Å². The van der Waals surface area contributed by atoms with E-state index in [9.17, 15) is 0 Å². The Morgan fingerprint density at radius 3 is 2.10 bits per heavy atom. The van der Waals surface area contributed by atoms with Gasteiger partial charge in [0.1, 0.15) is 24.7 Å². The first-order chi connectivity index (χ1) is 14.6. The molecule has 4 nitrogen and oxygen atoms in total. The van der Waals surface area contributed by atoms with Crippen molar-refractivity contribution in [3.63, 3.8) is 0 Å². The molecule has 0 aliphatic carbocycles. The van der Waals surface area contributed by atoms with Gasteiger partial charge in [-0.1, -0.05) is 33.8 Å². The SMILES string of the molecule is [C-]#[N+]C([N+]#[C-])=C1C=C(C)OC(/C=C/c2cc3c4c(c2)C(C)(C)CCN4CCC3(C)C)=C1. The van der Waals surface area contributed by atoms with Gasteiger partial charge in [-0.15, -0.1) is 0 Å². The quantitative estimate of drug-likeness (QED) is 0.503. The monoisotopic (exact) mass is 411 g/mol. The van der Waals surface area contributed by atoms with Gasteiger partial charge < -0.3 is 9.64 Å². The standard InChI is InChI=1S/C27H29N3O/c1-18-14-20(25(28-6)29-7)17-21(31-18)9-8-19-15-22-24-23(16-19)27(4,5)11-13-30(24)12-10-26(22,2)3/h8-9,14-17H,10-13H2,1-5H3/b9-8+. The molecule has 3 aliphatic heterocycles. The summed E-state index contributed by atoms with van der Waals surface area (Å²) >= 11 is 0. The molecule has 0 bridgehead atoms. The van der Waals surface area contributed by atoms with Crippen molar-refractivity contribution in [3.8, 4) is 0 Å². The summed E-state index contributed by atoms with van der Waals surface area (Å²) in [4.78, 5) is 9.24. The van der Waals surface area contributed by atoms with Crippen LogP contribution in [0.5, 0.6) is 0 Å². The van der Waals surface area contributed by atoms with Crippen molar-refractivity contribution < 1.29 is 4.74 Å². The van der Waals surface area contributed by atoms with E-state index in [0.29, 0.717) is 17.1 Å². The number of ether oxygens (including phenoxy) is 1. The Kier molecular flexibility index (Phi) is 5.06. The predicted molar refractivity (Wildman–Crippen MR) is 126 cm³/mol. The molecule has 0 N–H and O–H groups in total. The molecular weight excluding hydrogens is 382 g/mol. The predicted octanol–water partition coefficient (Wildman–Crippen LogP) is 6.74. The summed E-state index contributed by atoms with van der Waals surface area (Å²) in [6.45, 7) is 28.0. The van der Waals surface area contributed by atoms with E-state index in [-0.39, 0.29) is 16.7 Å². The second kappa shape index (κ2) is 7.47. The van der Waals surface area contributed by atoms with E-state index < -0.39 is 0 Å². The highest BCUT2D eigenvalue weighted by atomic mass is 16.5. The molecule has 158 valence electrons. The molecule has 0 unspecified atom stereocenters. The van der Waals surface area contributed by atoms with Crippen molar-refractivity contribution in [3.05, 3.63) is 92.8 Å². The van der Waals surface area contributed by atoms with Crippen LogP contribution in [0.2, 0.25) is 0 Å². The molecule has 0 radical (unpaired) electrons. The van der Waals surface area contributed by atoms with Gasteiger partial charge in [0.25, 0.3) is 0 Å². The van der Waals surface area contributed by atoms with E-state index in [1.807, 2.05) is 13.0 Å².